The summed E-state index contributed by atoms with van der Waals surface area (Å²) in [5.74, 6) is -0.0114. The van der Waals surface area contributed by atoms with Gasteiger partial charge in [0.2, 0.25) is 11.8 Å². The van der Waals surface area contributed by atoms with Crippen LogP contribution < -0.4 is 10.6 Å². The number of nitrogens with zero attached hydrogens (tertiary/aromatic N) is 1. The number of amides is 2. The van der Waals surface area contributed by atoms with E-state index in [-0.39, 0.29) is 23.4 Å². The Morgan fingerprint density at radius 3 is 2.18 bits per heavy atom. The Balaban J connectivity index is 4.33. The first-order valence-electron chi connectivity index (χ1n) is 7.94. The van der Waals surface area contributed by atoms with Gasteiger partial charge in [0.15, 0.2) is 0 Å². The van der Waals surface area contributed by atoms with Gasteiger partial charge >= 0.3 is 0 Å². The number of carbonyl (C=O) groups is 2. The molecular formula is C17H34N3O2+. The predicted octanol–water partition coefficient (Wildman–Crippen LogP) is 1.84. The van der Waals surface area contributed by atoms with Gasteiger partial charge in [-0.15, -0.1) is 0 Å². The highest BCUT2D eigenvalue weighted by atomic mass is 16.2. The minimum Gasteiger partial charge on any atom is -0.354 e. The molecule has 2 N–H and O–H groups in total. The van der Waals surface area contributed by atoms with E-state index in [1.807, 2.05) is 27.7 Å². The number of carbonyl (C=O) groups excluding carboxylic acids is 2. The van der Waals surface area contributed by atoms with Gasteiger partial charge in [-0.3, -0.25) is 9.59 Å². The minimum absolute atomic E-state index is 0.0936. The highest BCUT2D eigenvalue weighted by molar-refractivity contribution is 5.92. The van der Waals surface area contributed by atoms with Gasteiger partial charge in [-0.2, -0.15) is 0 Å². The van der Waals surface area contributed by atoms with Crippen molar-refractivity contribution in [3.8, 4) is 0 Å². The van der Waals surface area contributed by atoms with Crippen LogP contribution in [0, 0.1) is 0 Å². The fourth-order valence-electron chi connectivity index (χ4n) is 1.97. The standard InChI is InChI=1S/C17H33N3O2/c1-13(2)16(22)19-17(5,6)10-12-20(7,8)11-9-15(21)18-14(3)4/h14H,1,9-12H2,2-8H3,(H-,18,19,21,22)/p+1. The summed E-state index contributed by atoms with van der Waals surface area (Å²) >= 11 is 0. The third kappa shape index (κ3) is 9.55. The van der Waals surface area contributed by atoms with E-state index in [4.69, 9.17) is 0 Å². The number of rotatable bonds is 9. The molecule has 0 saturated heterocycles. The minimum atomic E-state index is -0.286. The Hall–Kier alpha value is -1.36. The first-order valence-corrected chi connectivity index (χ1v) is 7.94. The lowest BCUT2D eigenvalue weighted by molar-refractivity contribution is -0.890. The number of nitrogens with one attached hydrogen (secondary N) is 2. The third-order valence-electron chi connectivity index (χ3n) is 3.58. The molecule has 0 saturated carbocycles. The molecule has 0 radical (unpaired) electrons. The molecule has 0 unspecified atom stereocenters. The maximum atomic E-state index is 11.7. The van der Waals surface area contributed by atoms with Crippen LogP contribution in [0.25, 0.3) is 0 Å². The zero-order chi connectivity index (χ0) is 17.6. The van der Waals surface area contributed by atoms with E-state index < -0.39 is 0 Å². The lowest BCUT2D eigenvalue weighted by Crippen LogP contribution is -2.50. The van der Waals surface area contributed by atoms with Gasteiger partial charge in [-0.1, -0.05) is 6.58 Å². The Kier molecular flexibility index (Phi) is 7.81. The Morgan fingerprint density at radius 1 is 1.18 bits per heavy atom. The summed E-state index contributed by atoms with van der Waals surface area (Å²) in [7, 11) is 4.22. The molecule has 0 spiro atoms. The maximum Gasteiger partial charge on any atom is 0.246 e. The number of quaternary nitrogens is 1. The number of hydrogen-bond acceptors (Lipinski definition) is 2. The van der Waals surface area contributed by atoms with E-state index in [9.17, 15) is 9.59 Å². The molecule has 0 aliphatic carbocycles. The molecule has 22 heavy (non-hydrogen) atoms. The molecule has 0 heterocycles. The first kappa shape index (κ1) is 20.6. The molecule has 0 bridgehead atoms. The quantitative estimate of drug-likeness (QED) is 0.504. The van der Waals surface area contributed by atoms with Crippen molar-refractivity contribution in [2.24, 2.45) is 0 Å². The van der Waals surface area contributed by atoms with Crippen LogP contribution in [0.2, 0.25) is 0 Å². The largest absolute Gasteiger partial charge is 0.354 e. The fraction of sp³-hybridized carbons (Fsp3) is 0.765. The second-order valence-corrected chi connectivity index (χ2v) is 7.72. The highest BCUT2D eigenvalue weighted by Crippen LogP contribution is 2.13. The van der Waals surface area contributed by atoms with Crippen molar-refractivity contribution in [1.29, 1.82) is 0 Å². The average Bonchev–Trinajstić information content (AvgIpc) is 2.33. The van der Waals surface area contributed by atoms with E-state index in [2.05, 4.69) is 31.3 Å². The van der Waals surface area contributed by atoms with Crippen LogP contribution in [0.4, 0.5) is 0 Å². The van der Waals surface area contributed by atoms with Crippen LogP contribution in [0.5, 0.6) is 0 Å². The van der Waals surface area contributed by atoms with E-state index >= 15 is 0 Å². The molecule has 2 amide bonds. The Bertz CT molecular complexity index is 412. The molecular weight excluding hydrogens is 278 g/mol. The molecule has 0 aromatic heterocycles. The molecule has 5 heteroatoms. The lowest BCUT2D eigenvalue weighted by atomic mass is 9.99. The van der Waals surface area contributed by atoms with E-state index in [0.29, 0.717) is 12.0 Å². The van der Waals surface area contributed by atoms with Crippen LogP contribution >= 0.6 is 0 Å². The van der Waals surface area contributed by atoms with Crippen LogP contribution in [0.3, 0.4) is 0 Å². The predicted molar refractivity (Wildman–Crippen MR) is 91.4 cm³/mol. The van der Waals surface area contributed by atoms with Crippen molar-refractivity contribution >= 4 is 11.8 Å². The van der Waals surface area contributed by atoms with E-state index in [0.717, 1.165) is 24.0 Å². The second kappa shape index (κ2) is 8.32. The van der Waals surface area contributed by atoms with Crippen molar-refractivity contribution in [3.05, 3.63) is 12.2 Å². The van der Waals surface area contributed by atoms with Gasteiger partial charge in [-0.05, 0) is 34.6 Å². The smallest absolute Gasteiger partial charge is 0.246 e. The summed E-state index contributed by atoms with van der Waals surface area (Å²) in [6.07, 6.45) is 1.36. The zero-order valence-corrected chi connectivity index (χ0v) is 15.4. The Labute approximate surface area is 135 Å². The topological polar surface area (TPSA) is 58.2 Å². The van der Waals surface area contributed by atoms with Gasteiger partial charge in [0.1, 0.15) is 0 Å². The summed E-state index contributed by atoms with van der Waals surface area (Å²) in [5.41, 5.74) is 0.235. The molecule has 0 aromatic rings. The molecule has 0 fully saturated rings. The summed E-state index contributed by atoms with van der Waals surface area (Å²) in [6.45, 7) is 15.0. The van der Waals surface area contributed by atoms with Crippen LogP contribution in [0.15, 0.2) is 12.2 Å². The fourth-order valence-corrected chi connectivity index (χ4v) is 1.97. The molecule has 0 aliphatic heterocycles. The maximum absolute atomic E-state index is 11.7. The van der Waals surface area contributed by atoms with Gasteiger partial charge < -0.3 is 15.1 Å². The van der Waals surface area contributed by atoms with Crippen molar-refractivity contribution in [3.63, 3.8) is 0 Å². The SMILES string of the molecule is C=C(C)C(=O)NC(C)(C)CC[N+](C)(C)CCC(=O)NC(C)C. The monoisotopic (exact) mass is 312 g/mol. The molecule has 128 valence electrons. The van der Waals surface area contributed by atoms with Gasteiger partial charge in [0.25, 0.3) is 0 Å². The molecule has 0 aliphatic rings. The third-order valence-corrected chi connectivity index (χ3v) is 3.58. The average molecular weight is 312 g/mol. The van der Waals surface area contributed by atoms with Crippen molar-refractivity contribution in [2.75, 3.05) is 27.2 Å². The van der Waals surface area contributed by atoms with Crippen molar-refractivity contribution < 1.29 is 14.1 Å². The van der Waals surface area contributed by atoms with Crippen molar-refractivity contribution in [2.45, 2.75) is 59.0 Å². The molecule has 0 atom stereocenters. The van der Waals surface area contributed by atoms with Crippen molar-refractivity contribution in [1.82, 2.24) is 10.6 Å². The molecule has 0 rings (SSSR count). The Morgan fingerprint density at radius 2 is 1.73 bits per heavy atom. The van der Waals surface area contributed by atoms with Crippen LogP contribution in [-0.4, -0.2) is 55.1 Å². The second-order valence-electron chi connectivity index (χ2n) is 7.72. The first-order chi connectivity index (χ1) is 9.84. The summed E-state index contributed by atoms with van der Waals surface area (Å²) < 4.78 is 0.748. The zero-order valence-electron chi connectivity index (χ0n) is 15.4. The van der Waals surface area contributed by atoms with Gasteiger partial charge in [0.05, 0.1) is 33.6 Å². The highest BCUT2D eigenvalue weighted by Gasteiger charge is 2.26. The lowest BCUT2D eigenvalue weighted by Gasteiger charge is -2.34. The van der Waals surface area contributed by atoms with Gasteiger partial charge in [0, 0.05) is 23.6 Å². The van der Waals surface area contributed by atoms with E-state index in [1.54, 1.807) is 6.92 Å². The van der Waals surface area contributed by atoms with E-state index in [1.165, 1.54) is 0 Å². The summed E-state index contributed by atoms with van der Waals surface area (Å²) in [5, 5.41) is 5.90. The molecule has 5 nitrogen and oxygen atoms in total. The molecule has 0 aromatic carbocycles. The normalized spacial score (nSPS) is 12.2. The summed E-state index contributed by atoms with van der Waals surface area (Å²) in [4.78, 5) is 23.5. The van der Waals surface area contributed by atoms with Gasteiger partial charge in [-0.25, -0.2) is 0 Å². The number of hydrogen-bond donors (Lipinski definition) is 2. The van der Waals surface area contributed by atoms with Crippen LogP contribution in [-0.2, 0) is 9.59 Å². The van der Waals surface area contributed by atoms with Crippen LogP contribution in [0.1, 0.15) is 47.5 Å². The summed E-state index contributed by atoms with van der Waals surface area (Å²) in [6, 6.07) is 0.180.